The van der Waals surface area contributed by atoms with E-state index in [4.69, 9.17) is 0 Å². The van der Waals surface area contributed by atoms with Gasteiger partial charge >= 0.3 is 0 Å². The zero-order valence-electron chi connectivity index (χ0n) is 11.2. The smallest absolute Gasteiger partial charge is 0.0340 e. The molecule has 0 aliphatic heterocycles. The van der Waals surface area contributed by atoms with E-state index in [2.05, 4.69) is 60.8 Å². The van der Waals surface area contributed by atoms with E-state index in [1.807, 2.05) is 7.05 Å². The lowest BCUT2D eigenvalue weighted by Gasteiger charge is -2.06. The van der Waals surface area contributed by atoms with Crippen molar-refractivity contribution in [3.8, 4) is 0 Å². The molecule has 0 aliphatic rings. The first-order valence-electron chi connectivity index (χ1n) is 6.66. The van der Waals surface area contributed by atoms with Crippen LogP contribution in [0.5, 0.6) is 0 Å². The fourth-order valence-electron chi connectivity index (χ4n) is 2.18. The van der Waals surface area contributed by atoms with Gasteiger partial charge in [-0.15, -0.1) is 0 Å². The van der Waals surface area contributed by atoms with Gasteiger partial charge in [-0.25, -0.2) is 0 Å². The molecule has 18 heavy (non-hydrogen) atoms. The van der Waals surface area contributed by atoms with Crippen molar-refractivity contribution in [2.24, 2.45) is 0 Å². The molecule has 0 saturated carbocycles. The van der Waals surface area contributed by atoms with Crippen molar-refractivity contribution in [2.75, 3.05) is 12.4 Å². The Morgan fingerprint density at radius 1 is 0.889 bits per heavy atom. The van der Waals surface area contributed by atoms with Gasteiger partial charge in [0.25, 0.3) is 0 Å². The summed E-state index contributed by atoms with van der Waals surface area (Å²) in [5.41, 5.74) is 5.34. The second-order valence-electron chi connectivity index (χ2n) is 4.69. The van der Waals surface area contributed by atoms with Crippen LogP contribution in [-0.2, 0) is 12.8 Å². The Bertz CT molecular complexity index is 485. The highest BCUT2D eigenvalue weighted by Crippen LogP contribution is 2.15. The molecule has 0 aromatic heterocycles. The maximum atomic E-state index is 3.18. The zero-order chi connectivity index (χ0) is 12.8. The van der Waals surface area contributed by atoms with Gasteiger partial charge in [0.2, 0.25) is 0 Å². The summed E-state index contributed by atoms with van der Waals surface area (Å²) in [5, 5.41) is 3.18. The lowest BCUT2D eigenvalue weighted by Crippen LogP contribution is -1.92. The van der Waals surface area contributed by atoms with Gasteiger partial charge < -0.3 is 5.32 Å². The molecule has 0 aliphatic carbocycles. The molecule has 0 unspecified atom stereocenters. The number of benzene rings is 2. The highest BCUT2D eigenvalue weighted by molar-refractivity contribution is 5.46. The van der Waals surface area contributed by atoms with Crippen LogP contribution in [0.2, 0.25) is 0 Å². The van der Waals surface area contributed by atoms with Crippen molar-refractivity contribution in [2.45, 2.75) is 26.2 Å². The van der Waals surface area contributed by atoms with Crippen LogP contribution in [-0.4, -0.2) is 7.05 Å². The van der Waals surface area contributed by atoms with Gasteiger partial charge in [0.15, 0.2) is 0 Å². The van der Waals surface area contributed by atoms with Crippen molar-refractivity contribution in [3.63, 3.8) is 0 Å². The molecule has 0 atom stereocenters. The first-order chi connectivity index (χ1) is 8.81. The molecule has 0 fully saturated rings. The summed E-state index contributed by atoms with van der Waals surface area (Å²) in [6, 6.07) is 17.6. The van der Waals surface area contributed by atoms with Crippen LogP contribution in [0, 0.1) is 0 Å². The highest BCUT2D eigenvalue weighted by atomic mass is 14.8. The molecular formula is C17H21N. The summed E-state index contributed by atoms with van der Waals surface area (Å²) in [7, 11) is 1.96. The monoisotopic (exact) mass is 239 g/mol. The average Bonchev–Trinajstić information content (AvgIpc) is 2.42. The minimum atomic E-state index is 1.00. The van der Waals surface area contributed by atoms with E-state index in [1.165, 1.54) is 35.2 Å². The lowest BCUT2D eigenvalue weighted by molar-refractivity contribution is 0.920. The van der Waals surface area contributed by atoms with E-state index in [0.717, 1.165) is 6.42 Å². The van der Waals surface area contributed by atoms with Crippen molar-refractivity contribution >= 4 is 5.69 Å². The van der Waals surface area contributed by atoms with Crippen LogP contribution in [0.25, 0.3) is 0 Å². The summed E-state index contributed by atoms with van der Waals surface area (Å²) >= 11 is 0. The topological polar surface area (TPSA) is 12.0 Å². The number of rotatable bonds is 5. The predicted octanol–water partition coefficient (Wildman–Crippen LogP) is 4.27. The van der Waals surface area contributed by atoms with Gasteiger partial charge in [-0.1, -0.05) is 49.7 Å². The zero-order valence-corrected chi connectivity index (χ0v) is 11.2. The van der Waals surface area contributed by atoms with E-state index < -0.39 is 0 Å². The van der Waals surface area contributed by atoms with Gasteiger partial charge in [0.05, 0.1) is 0 Å². The first-order valence-corrected chi connectivity index (χ1v) is 6.66. The first kappa shape index (κ1) is 12.7. The third-order valence-corrected chi connectivity index (χ3v) is 3.19. The third-order valence-electron chi connectivity index (χ3n) is 3.19. The number of hydrogen-bond acceptors (Lipinski definition) is 1. The van der Waals surface area contributed by atoms with Gasteiger partial charge in [0.1, 0.15) is 0 Å². The second-order valence-corrected chi connectivity index (χ2v) is 4.69. The molecule has 0 amide bonds. The van der Waals surface area contributed by atoms with Crippen molar-refractivity contribution < 1.29 is 0 Å². The maximum Gasteiger partial charge on any atom is 0.0340 e. The maximum absolute atomic E-state index is 3.18. The molecule has 94 valence electrons. The Hall–Kier alpha value is -1.76. The van der Waals surface area contributed by atoms with E-state index >= 15 is 0 Å². The lowest BCUT2D eigenvalue weighted by atomic mass is 10.0. The fourth-order valence-corrected chi connectivity index (χ4v) is 2.18. The normalized spacial score (nSPS) is 10.3. The van der Waals surface area contributed by atoms with Crippen molar-refractivity contribution in [1.29, 1.82) is 0 Å². The molecule has 0 saturated heterocycles. The predicted molar refractivity (Wildman–Crippen MR) is 79.2 cm³/mol. The Morgan fingerprint density at radius 3 is 2.28 bits per heavy atom. The minimum absolute atomic E-state index is 1.00. The molecule has 0 bridgehead atoms. The molecule has 2 aromatic carbocycles. The highest BCUT2D eigenvalue weighted by Gasteiger charge is 1.98. The van der Waals surface area contributed by atoms with E-state index in [-0.39, 0.29) is 0 Å². The quantitative estimate of drug-likeness (QED) is 0.821. The largest absolute Gasteiger partial charge is 0.388 e. The van der Waals surface area contributed by atoms with Crippen LogP contribution >= 0.6 is 0 Å². The molecule has 2 rings (SSSR count). The molecule has 0 spiro atoms. The number of nitrogens with one attached hydrogen (secondary N) is 1. The number of anilines is 1. The third kappa shape index (κ3) is 3.36. The molecule has 0 heterocycles. The van der Waals surface area contributed by atoms with E-state index in [0.29, 0.717) is 0 Å². The molecule has 2 aromatic rings. The molecular weight excluding hydrogens is 218 g/mol. The van der Waals surface area contributed by atoms with Crippen LogP contribution in [0.1, 0.15) is 30.0 Å². The Kier molecular flexibility index (Phi) is 4.40. The fraction of sp³-hybridized carbons (Fsp3) is 0.294. The van der Waals surface area contributed by atoms with Gasteiger partial charge in [-0.05, 0) is 41.7 Å². The molecule has 0 radical (unpaired) electrons. The van der Waals surface area contributed by atoms with E-state index in [1.54, 1.807) is 0 Å². The summed E-state index contributed by atoms with van der Waals surface area (Å²) in [6.45, 7) is 2.22. The Morgan fingerprint density at radius 2 is 1.61 bits per heavy atom. The molecule has 1 N–H and O–H groups in total. The van der Waals surface area contributed by atoms with Crippen LogP contribution in [0.15, 0.2) is 48.5 Å². The summed E-state index contributed by atoms with van der Waals surface area (Å²) < 4.78 is 0. The van der Waals surface area contributed by atoms with Gasteiger partial charge in [-0.2, -0.15) is 0 Å². The second kappa shape index (κ2) is 6.25. The van der Waals surface area contributed by atoms with Crippen molar-refractivity contribution in [1.82, 2.24) is 0 Å². The molecule has 1 nitrogen and oxygen atoms in total. The molecule has 1 heteroatoms. The average molecular weight is 239 g/mol. The Balaban J connectivity index is 2.08. The number of hydrogen-bond donors (Lipinski definition) is 1. The standard InChI is InChI=1S/C17H21N/c1-3-5-14-8-10-15(11-9-14)12-16-6-4-7-17(13-16)18-2/h4,6-11,13,18H,3,5,12H2,1-2H3. The van der Waals surface area contributed by atoms with Gasteiger partial charge in [0, 0.05) is 12.7 Å². The minimum Gasteiger partial charge on any atom is -0.388 e. The number of aryl methyl sites for hydroxylation is 1. The van der Waals surface area contributed by atoms with Crippen LogP contribution in [0.3, 0.4) is 0 Å². The van der Waals surface area contributed by atoms with Crippen LogP contribution in [0.4, 0.5) is 5.69 Å². The van der Waals surface area contributed by atoms with Crippen molar-refractivity contribution in [3.05, 3.63) is 65.2 Å². The Labute approximate surface area is 110 Å². The van der Waals surface area contributed by atoms with E-state index in [9.17, 15) is 0 Å². The summed E-state index contributed by atoms with van der Waals surface area (Å²) in [4.78, 5) is 0. The van der Waals surface area contributed by atoms with Crippen LogP contribution < -0.4 is 5.32 Å². The summed E-state index contributed by atoms with van der Waals surface area (Å²) in [6.07, 6.45) is 3.39. The SMILES string of the molecule is CCCc1ccc(Cc2cccc(NC)c2)cc1. The van der Waals surface area contributed by atoms with Gasteiger partial charge in [-0.3, -0.25) is 0 Å². The summed E-state index contributed by atoms with van der Waals surface area (Å²) in [5.74, 6) is 0.